The summed E-state index contributed by atoms with van der Waals surface area (Å²) in [4.78, 5) is 11.1. The highest BCUT2D eigenvalue weighted by molar-refractivity contribution is 5.91. The number of benzene rings is 2. The van der Waals surface area contributed by atoms with Gasteiger partial charge < -0.3 is 15.6 Å². The number of rotatable bonds is 3. The molecule has 0 amide bonds. The van der Waals surface area contributed by atoms with Gasteiger partial charge in [-0.3, -0.25) is 0 Å². The van der Waals surface area contributed by atoms with Gasteiger partial charge in [-0.2, -0.15) is 0 Å². The van der Waals surface area contributed by atoms with Crippen molar-refractivity contribution in [2.24, 2.45) is 0 Å². The lowest BCUT2D eigenvalue weighted by Gasteiger charge is -2.11. The van der Waals surface area contributed by atoms with Crippen LogP contribution in [-0.4, -0.2) is 11.1 Å². The Morgan fingerprint density at radius 1 is 1.11 bits per heavy atom. The largest absolute Gasteiger partial charge is 0.478 e. The third-order valence-electron chi connectivity index (χ3n) is 2.66. The van der Waals surface area contributed by atoms with Crippen LogP contribution in [0.5, 0.6) is 11.5 Å². The van der Waals surface area contributed by atoms with Crippen LogP contribution in [-0.2, 0) is 0 Å². The molecule has 0 atom stereocenters. The number of aryl methyl sites for hydroxylation is 2. The van der Waals surface area contributed by atoms with Crippen LogP contribution in [0.3, 0.4) is 0 Å². The highest BCUT2D eigenvalue weighted by Gasteiger charge is 2.12. The Morgan fingerprint density at radius 3 is 2.32 bits per heavy atom. The monoisotopic (exact) mass is 257 g/mol. The van der Waals surface area contributed by atoms with E-state index in [9.17, 15) is 4.79 Å². The maximum absolute atomic E-state index is 11.1. The predicted octanol–water partition coefficient (Wildman–Crippen LogP) is 3.38. The molecule has 0 bridgehead atoms. The number of ether oxygens (including phenoxy) is 1. The van der Waals surface area contributed by atoms with E-state index in [-0.39, 0.29) is 11.3 Å². The van der Waals surface area contributed by atoms with Crippen molar-refractivity contribution in [1.82, 2.24) is 0 Å². The second-order valence-electron chi connectivity index (χ2n) is 4.49. The number of carboxylic acids is 1. The van der Waals surface area contributed by atoms with Crippen LogP contribution in [0, 0.1) is 13.8 Å². The molecule has 0 aromatic heterocycles. The van der Waals surface area contributed by atoms with Gasteiger partial charge in [0, 0.05) is 11.8 Å². The van der Waals surface area contributed by atoms with Gasteiger partial charge in [0.25, 0.3) is 0 Å². The summed E-state index contributed by atoms with van der Waals surface area (Å²) >= 11 is 0. The lowest BCUT2D eigenvalue weighted by atomic mass is 10.1. The van der Waals surface area contributed by atoms with E-state index in [1.54, 1.807) is 0 Å². The van der Waals surface area contributed by atoms with E-state index in [4.69, 9.17) is 15.6 Å². The normalized spacial score (nSPS) is 10.2. The average Bonchev–Trinajstić information content (AvgIpc) is 2.26. The number of hydrogen-bond donors (Lipinski definition) is 2. The Hall–Kier alpha value is -2.49. The van der Waals surface area contributed by atoms with Gasteiger partial charge >= 0.3 is 5.97 Å². The fourth-order valence-electron chi connectivity index (χ4n) is 1.92. The molecule has 19 heavy (non-hydrogen) atoms. The summed E-state index contributed by atoms with van der Waals surface area (Å²) in [6, 6.07) is 10.2. The minimum Gasteiger partial charge on any atom is -0.478 e. The minimum absolute atomic E-state index is 0.0911. The van der Waals surface area contributed by atoms with Gasteiger partial charge in [-0.15, -0.1) is 0 Å². The summed E-state index contributed by atoms with van der Waals surface area (Å²) in [6.07, 6.45) is 0. The Kier molecular flexibility index (Phi) is 3.42. The minimum atomic E-state index is -1.04. The topological polar surface area (TPSA) is 72.5 Å². The quantitative estimate of drug-likeness (QED) is 0.827. The molecule has 0 spiro atoms. The summed E-state index contributed by atoms with van der Waals surface area (Å²) in [5.41, 5.74) is 8.32. The molecule has 0 saturated carbocycles. The first-order chi connectivity index (χ1) is 8.95. The predicted molar refractivity (Wildman–Crippen MR) is 73.8 cm³/mol. The Labute approximate surface area is 111 Å². The molecular formula is C15H15NO3. The Balaban J connectivity index is 2.42. The molecule has 98 valence electrons. The van der Waals surface area contributed by atoms with Gasteiger partial charge in [0.1, 0.15) is 17.1 Å². The number of carbonyl (C=O) groups is 1. The van der Waals surface area contributed by atoms with Gasteiger partial charge in [-0.05, 0) is 49.2 Å². The molecule has 2 aromatic carbocycles. The second kappa shape index (κ2) is 5.02. The van der Waals surface area contributed by atoms with Crippen molar-refractivity contribution in [3.8, 4) is 11.5 Å². The molecule has 2 aromatic rings. The molecule has 0 unspecified atom stereocenters. The maximum atomic E-state index is 11.1. The molecule has 0 heterocycles. The number of nitrogens with two attached hydrogens (primary N) is 1. The zero-order chi connectivity index (χ0) is 14.0. The van der Waals surface area contributed by atoms with Crippen molar-refractivity contribution in [3.63, 3.8) is 0 Å². The van der Waals surface area contributed by atoms with E-state index in [1.165, 1.54) is 18.2 Å². The van der Waals surface area contributed by atoms with Crippen LogP contribution in [0.15, 0.2) is 36.4 Å². The third-order valence-corrected chi connectivity index (χ3v) is 2.66. The van der Waals surface area contributed by atoms with Crippen LogP contribution in [0.25, 0.3) is 0 Å². The molecule has 0 aliphatic heterocycles. The van der Waals surface area contributed by atoms with Crippen molar-refractivity contribution in [2.45, 2.75) is 13.8 Å². The van der Waals surface area contributed by atoms with Gasteiger partial charge in [0.2, 0.25) is 0 Å². The Bertz CT molecular complexity index is 615. The number of nitrogen functional groups attached to an aromatic ring is 1. The first kappa shape index (κ1) is 13.0. The maximum Gasteiger partial charge on any atom is 0.339 e. The highest BCUT2D eigenvalue weighted by Crippen LogP contribution is 2.28. The van der Waals surface area contributed by atoms with Crippen molar-refractivity contribution in [2.75, 3.05) is 5.73 Å². The van der Waals surface area contributed by atoms with Gasteiger partial charge in [-0.1, -0.05) is 6.07 Å². The van der Waals surface area contributed by atoms with Crippen LogP contribution in [0.4, 0.5) is 5.69 Å². The number of aromatic carboxylic acids is 1. The molecular weight excluding hydrogens is 242 g/mol. The van der Waals surface area contributed by atoms with Crippen LogP contribution >= 0.6 is 0 Å². The van der Waals surface area contributed by atoms with Crippen LogP contribution in [0.1, 0.15) is 21.5 Å². The molecule has 0 aliphatic carbocycles. The average molecular weight is 257 g/mol. The number of carboxylic acid groups (broad SMARTS) is 1. The van der Waals surface area contributed by atoms with E-state index < -0.39 is 5.97 Å². The van der Waals surface area contributed by atoms with E-state index in [0.717, 1.165) is 11.1 Å². The molecule has 3 N–H and O–H groups in total. The van der Waals surface area contributed by atoms with E-state index in [2.05, 4.69) is 0 Å². The van der Waals surface area contributed by atoms with E-state index in [0.29, 0.717) is 11.4 Å². The SMILES string of the molecule is Cc1cc(C)cc(Oc2cc(N)ccc2C(=O)O)c1. The summed E-state index contributed by atoms with van der Waals surface area (Å²) in [7, 11) is 0. The summed E-state index contributed by atoms with van der Waals surface area (Å²) < 4.78 is 5.65. The van der Waals surface area contributed by atoms with Crippen molar-refractivity contribution >= 4 is 11.7 Å². The standard InChI is InChI=1S/C15H15NO3/c1-9-5-10(2)7-12(6-9)19-14-8-11(16)3-4-13(14)15(17)18/h3-8H,16H2,1-2H3,(H,17,18). The fourth-order valence-corrected chi connectivity index (χ4v) is 1.92. The lowest BCUT2D eigenvalue weighted by molar-refractivity contribution is 0.0694. The Morgan fingerprint density at radius 2 is 1.74 bits per heavy atom. The zero-order valence-electron chi connectivity index (χ0n) is 10.8. The summed E-state index contributed by atoms with van der Waals surface area (Å²) in [6.45, 7) is 3.91. The molecule has 4 nitrogen and oxygen atoms in total. The smallest absolute Gasteiger partial charge is 0.339 e. The van der Waals surface area contributed by atoms with Crippen LogP contribution in [0.2, 0.25) is 0 Å². The highest BCUT2D eigenvalue weighted by atomic mass is 16.5. The van der Waals surface area contributed by atoms with Gasteiger partial charge in [0.15, 0.2) is 0 Å². The first-order valence-corrected chi connectivity index (χ1v) is 5.84. The van der Waals surface area contributed by atoms with E-state index in [1.807, 2.05) is 32.0 Å². The first-order valence-electron chi connectivity index (χ1n) is 5.84. The zero-order valence-corrected chi connectivity index (χ0v) is 10.8. The molecule has 2 rings (SSSR count). The molecule has 0 radical (unpaired) electrons. The fraction of sp³-hybridized carbons (Fsp3) is 0.133. The molecule has 0 saturated heterocycles. The van der Waals surface area contributed by atoms with Gasteiger partial charge in [0.05, 0.1) is 0 Å². The van der Waals surface area contributed by atoms with E-state index >= 15 is 0 Å². The molecule has 0 fully saturated rings. The number of anilines is 1. The molecule has 4 heteroatoms. The third kappa shape index (κ3) is 3.04. The van der Waals surface area contributed by atoms with Crippen molar-refractivity contribution in [3.05, 3.63) is 53.1 Å². The second-order valence-corrected chi connectivity index (χ2v) is 4.49. The molecule has 0 aliphatic rings. The van der Waals surface area contributed by atoms with Crippen molar-refractivity contribution < 1.29 is 14.6 Å². The van der Waals surface area contributed by atoms with Crippen LogP contribution < -0.4 is 10.5 Å². The van der Waals surface area contributed by atoms with Crippen molar-refractivity contribution in [1.29, 1.82) is 0 Å². The number of hydrogen-bond acceptors (Lipinski definition) is 3. The summed E-state index contributed by atoms with van der Waals surface area (Å²) in [5.74, 6) is -0.192. The van der Waals surface area contributed by atoms with Gasteiger partial charge in [-0.25, -0.2) is 4.79 Å². The lowest BCUT2D eigenvalue weighted by Crippen LogP contribution is -2.01. The summed E-state index contributed by atoms with van der Waals surface area (Å²) in [5, 5.41) is 9.12.